The average molecular weight is 323 g/mol. The molecule has 0 aliphatic heterocycles. The number of rotatable bonds is 4. The van der Waals surface area contributed by atoms with E-state index in [1.807, 2.05) is 25.1 Å². The molecule has 0 aliphatic rings. The Hall–Kier alpha value is -1.66. The van der Waals surface area contributed by atoms with Gasteiger partial charge in [0.15, 0.2) is 0 Å². The molecule has 0 spiro atoms. The molecule has 0 unspecified atom stereocenters. The number of methoxy groups -OCH3 is 1. The highest BCUT2D eigenvalue weighted by Crippen LogP contribution is 2.19. The van der Waals surface area contributed by atoms with Gasteiger partial charge in [-0.3, -0.25) is 0 Å². The van der Waals surface area contributed by atoms with Gasteiger partial charge in [-0.2, -0.15) is 8.42 Å². The van der Waals surface area contributed by atoms with Crippen LogP contribution < -0.4 is 4.74 Å². The first-order valence-corrected chi connectivity index (χ1v) is 9.30. The zero-order valence-electron chi connectivity index (χ0n) is 12.1. The molecule has 112 valence electrons. The van der Waals surface area contributed by atoms with Crippen LogP contribution >= 0.6 is 0 Å². The van der Waals surface area contributed by atoms with E-state index in [0.717, 1.165) is 10.5 Å². The molecule has 0 aromatic heterocycles. The van der Waals surface area contributed by atoms with Gasteiger partial charge >= 0.3 is 0 Å². The van der Waals surface area contributed by atoms with Crippen LogP contribution in [0.2, 0.25) is 0 Å². The highest BCUT2D eigenvalue weighted by molar-refractivity contribution is 7.99. The summed E-state index contributed by atoms with van der Waals surface area (Å²) in [5.41, 5.74) is 1.01. The molecule has 0 heterocycles. The van der Waals surface area contributed by atoms with Crippen LogP contribution in [-0.4, -0.2) is 21.8 Å². The quantitative estimate of drug-likeness (QED) is 0.868. The Labute approximate surface area is 127 Å². The third kappa shape index (κ3) is 3.92. The van der Waals surface area contributed by atoms with E-state index in [9.17, 15) is 8.42 Å². The molecule has 0 radical (unpaired) electrons. The third-order valence-corrected chi connectivity index (χ3v) is 6.39. The van der Waals surface area contributed by atoms with Crippen molar-refractivity contribution in [1.82, 2.24) is 0 Å². The largest absolute Gasteiger partial charge is 0.497 e. The van der Waals surface area contributed by atoms with E-state index < -0.39 is 20.7 Å². The van der Waals surface area contributed by atoms with E-state index in [1.165, 1.54) is 0 Å². The number of hydrogen-bond donors (Lipinski definition) is 0. The van der Waals surface area contributed by atoms with Gasteiger partial charge in [-0.05, 0) is 43.5 Å². The molecular formula is C15H17NO3S2. The number of sulfonamides is 1. The van der Waals surface area contributed by atoms with Crippen LogP contribution in [0.5, 0.6) is 5.75 Å². The lowest BCUT2D eigenvalue weighted by molar-refractivity contribution is 0.413. The Kier molecular flexibility index (Phi) is 4.80. The van der Waals surface area contributed by atoms with Gasteiger partial charge in [0.25, 0.3) is 10.0 Å². The Bertz CT molecular complexity index is 766. The molecule has 2 aromatic carbocycles. The van der Waals surface area contributed by atoms with Crippen LogP contribution in [0.4, 0.5) is 0 Å². The highest BCUT2D eigenvalue weighted by atomic mass is 32.3. The van der Waals surface area contributed by atoms with Crippen molar-refractivity contribution >= 4 is 20.7 Å². The summed E-state index contributed by atoms with van der Waals surface area (Å²) in [6, 6.07) is 14.0. The van der Waals surface area contributed by atoms with E-state index in [4.69, 9.17) is 4.74 Å². The maximum absolute atomic E-state index is 12.3. The van der Waals surface area contributed by atoms with Crippen LogP contribution in [0.1, 0.15) is 5.56 Å². The molecule has 4 nitrogen and oxygen atoms in total. The topological polar surface area (TPSA) is 55.7 Å². The predicted octanol–water partition coefficient (Wildman–Crippen LogP) is 3.18. The molecule has 0 fully saturated rings. The molecule has 21 heavy (non-hydrogen) atoms. The monoisotopic (exact) mass is 323 g/mol. The molecule has 0 N–H and O–H groups in total. The van der Waals surface area contributed by atoms with E-state index in [-0.39, 0.29) is 4.90 Å². The van der Waals surface area contributed by atoms with E-state index in [2.05, 4.69) is 3.77 Å². The van der Waals surface area contributed by atoms with Crippen LogP contribution in [-0.2, 0) is 20.7 Å². The zero-order valence-corrected chi connectivity index (χ0v) is 13.7. The third-order valence-electron chi connectivity index (χ3n) is 2.91. The number of ether oxygens (including phenoxy) is 1. The van der Waals surface area contributed by atoms with Crippen LogP contribution in [0.25, 0.3) is 0 Å². The lowest BCUT2D eigenvalue weighted by Gasteiger charge is -2.06. The van der Waals surface area contributed by atoms with Crippen molar-refractivity contribution in [3.8, 4) is 5.75 Å². The first-order valence-electron chi connectivity index (χ1n) is 6.27. The van der Waals surface area contributed by atoms with Crippen molar-refractivity contribution in [2.75, 3.05) is 13.4 Å². The number of aryl methyl sites for hydroxylation is 1. The smallest absolute Gasteiger partial charge is 0.288 e. The first kappa shape index (κ1) is 15.7. The van der Waals surface area contributed by atoms with Crippen molar-refractivity contribution in [2.24, 2.45) is 3.77 Å². The van der Waals surface area contributed by atoms with Gasteiger partial charge in [-0.1, -0.05) is 34.5 Å². The fourth-order valence-electron chi connectivity index (χ4n) is 1.73. The molecule has 0 aliphatic carbocycles. The average Bonchev–Trinajstić information content (AvgIpc) is 2.47. The summed E-state index contributed by atoms with van der Waals surface area (Å²) in [6.45, 7) is 1.91. The predicted molar refractivity (Wildman–Crippen MR) is 85.3 cm³/mol. The summed E-state index contributed by atoms with van der Waals surface area (Å²) < 4.78 is 33.7. The van der Waals surface area contributed by atoms with Crippen LogP contribution in [0.15, 0.2) is 62.1 Å². The van der Waals surface area contributed by atoms with Crippen molar-refractivity contribution in [3.05, 3.63) is 54.1 Å². The van der Waals surface area contributed by atoms with Crippen LogP contribution in [0, 0.1) is 6.92 Å². The summed E-state index contributed by atoms with van der Waals surface area (Å²) in [5.74, 6) is 0.690. The summed E-state index contributed by atoms with van der Waals surface area (Å²) >= 11 is 0. The maximum Gasteiger partial charge on any atom is 0.288 e. The second-order valence-corrected chi connectivity index (χ2v) is 7.96. The number of benzene rings is 2. The minimum Gasteiger partial charge on any atom is -0.497 e. The molecule has 0 amide bonds. The second-order valence-electron chi connectivity index (χ2n) is 4.52. The van der Waals surface area contributed by atoms with Gasteiger partial charge in [-0.15, -0.1) is 3.77 Å². The van der Waals surface area contributed by atoms with Crippen molar-refractivity contribution < 1.29 is 13.2 Å². The summed E-state index contributed by atoms with van der Waals surface area (Å²) in [7, 11) is -2.83. The molecule has 2 aromatic rings. The fourth-order valence-corrected chi connectivity index (χ4v) is 4.64. The Morgan fingerprint density at radius 1 is 1.10 bits per heavy atom. The lowest BCUT2D eigenvalue weighted by atomic mass is 10.2. The van der Waals surface area contributed by atoms with Gasteiger partial charge < -0.3 is 4.74 Å². The van der Waals surface area contributed by atoms with Crippen molar-refractivity contribution in [1.29, 1.82) is 0 Å². The van der Waals surface area contributed by atoms with Crippen molar-refractivity contribution in [2.45, 2.75) is 16.7 Å². The van der Waals surface area contributed by atoms with Crippen LogP contribution in [0.3, 0.4) is 0 Å². The summed E-state index contributed by atoms with van der Waals surface area (Å²) in [6.07, 6.45) is 1.78. The lowest BCUT2D eigenvalue weighted by Crippen LogP contribution is -2.00. The van der Waals surface area contributed by atoms with Gasteiger partial charge in [0.1, 0.15) is 5.75 Å². The second kappa shape index (κ2) is 6.41. The molecule has 0 bridgehead atoms. The van der Waals surface area contributed by atoms with E-state index in [1.54, 1.807) is 43.7 Å². The SMILES string of the molecule is COc1cccc([S@@](C)=NS(=O)(=O)c2ccc(C)cc2)c1. The molecule has 6 heteroatoms. The molecule has 1 atom stereocenters. The standard InChI is InChI=1S/C15H17NO3S2/c1-12-7-9-15(10-8-12)21(17,18)16-20(3)14-6-4-5-13(11-14)19-2/h4-11H,1-3H3/t20-/m1/s1. The number of nitrogens with zero attached hydrogens (tertiary/aromatic N) is 1. The zero-order chi connectivity index (χ0) is 15.5. The van der Waals surface area contributed by atoms with Gasteiger partial charge in [0.2, 0.25) is 0 Å². The summed E-state index contributed by atoms with van der Waals surface area (Å²) in [4.78, 5) is 1.04. The minimum atomic E-state index is -3.65. The van der Waals surface area contributed by atoms with E-state index in [0.29, 0.717) is 5.75 Å². The van der Waals surface area contributed by atoms with E-state index >= 15 is 0 Å². The minimum absolute atomic E-state index is 0.218. The van der Waals surface area contributed by atoms with Gasteiger partial charge in [0.05, 0.1) is 12.0 Å². The fraction of sp³-hybridized carbons (Fsp3) is 0.200. The van der Waals surface area contributed by atoms with Crippen molar-refractivity contribution in [3.63, 3.8) is 0 Å². The number of hydrogen-bond acceptors (Lipinski definition) is 3. The molecule has 0 saturated heterocycles. The Morgan fingerprint density at radius 2 is 1.76 bits per heavy atom. The summed E-state index contributed by atoms with van der Waals surface area (Å²) in [5, 5.41) is 0. The highest BCUT2D eigenvalue weighted by Gasteiger charge is 2.13. The van der Waals surface area contributed by atoms with Gasteiger partial charge in [-0.25, -0.2) is 0 Å². The molecule has 2 rings (SSSR count). The molecular weight excluding hydrogens is 306 g/mol. The van der Waals surface area contributed by atoms with Gasteiger partial charge in [0, 0.05) is 4.90 Å². The molecule has 0 saturated carbocycles. The Balaban J connectivity index is 2.38. The maximum atomic E-state index is 12.3. The Morgan fingerprint density at radius 3 is 2.38 bits per heavy atom. The first-order chi connectivity index (χ1) is 9.92. The normalized spacial score (nSPS) is 13.1.